The van der Waals surface area contributed by atoms with E-state index >= 15 is 0 Å². The first-order valence-electron chi connectivity index (χ1n) is 16.6. The molecule has 0 aromatic rings. The largest absolute Gasteiger partial charge is 0.451 e. The maximum Gasteiger partial charge on any atom is 0.329 e. The molecule has 1 fully saturated rings. The minimum atomic E-state index is -1.43. The smallest absolute Gasteiger partial charge is 0.329 e. The zero-order chi connectivity index (χ0) is 36.7. The number of hydrogen-bond acceptors (Lipinski definition) is 10. The van der Waals surface area contributed by atoms with Gasteiger partial charge in [0.15, 0.2) is 18.3 Å². The molecule has 48 heavy (non-hydrogen) atoms. The van der Waals surface area contributed by atoms with Crippen LogP contribution in [0.15, 0.2) is 36.0 Å². The Morgan fingerprint density at radius 2 is 1.19 bits per heavy atom. The van der Waals surface area contributed by atoms with Crippen molar-refractivity contribution in [2.45, 2.75) is 117 Å². The summed E-state index contributed by atoms with van der Waals surface area (Å²) in [5.41, 5.74) is 6.13. The van der Waals surface area contributed by atoms with Crippen molar-refractivity contribution in [3.63, 3.8) is 0 Å². The van der Waals surface area contributed by atoms with Crippen LogP contribution in [0.2, 0.25) is 0 Å². The normalized spacial score (nSPS) is 31.7. The Morgan fingerprint density at radius 1 is 0.729 bits per heavy atom. The first-order valence-corrected chi connectivity index (χ1v) is 16.6. The number of esters is 3. The van der Waals surface area contributed by atoms with E-state index in [0.717, 1.165) is 9.80 Å². The SMILES string of the molecule is CCC(C)[C@H]1C(=O)O[C@H](CC2=CC(C)(N)C=CC=C2)C(=O)N(C)[C@@H](C(C)CC)C(=O)O[C@H](C)C(=O)N(C)[C@@H](C)C(=O)O[C@H](C)C(=O)N1C. The first kappa shape index (κ1) is 40.2. The fourth-order valence-corrected chi connectivity index (χ4v) is 5.70. The average molecular weight is 675 g/mol. The number of hydrogen-bond donors (Lipinski definition) is 1. The summed E-state index contributed by atoms with van der Waals surface area (Å²) < 4.78 is 17.0. The third-order valence-corrected chi connectivity index (χ3v) is 9.26. The summed E-state index contributed by atoms with van der Waals surface area (Å²) >= 11 is 0. The van der Waals surface area contributed by atoms with Crippen LogP contribution in [0.4, 0.5) is 0 Å². The summed E-state index contributed by atoms with van der Waals surface area (Å²) in [5, 5.41) is 0. The van der Waals surface area contributed by atoms with Crippen LogP contribution < -0.4 is 5.73 Å². The van der Waals surface area contributed by atoms with Crippen molar-refractivity contribution in [3.8, 4) is 0 Å². The van der Waals surface area contributed by atoms with Crippen molar-refractivity contribution in [1.29, 1.82) is 0 Å². The lowest BCUT2D eigenvalue weighted by atomic mass is 9.95. The maximum atomic E-state index is 14.3. The van der Waals surface area contributed by atoms with E-state index in [-0.39, 0.29) is 6.42 Å². The van der Waals surface area contributed by atoms with Gasteiger partial charge in [-0.05, 0) is 45.1 Å². The molecule has 0 radical (unpaired) electrons. The van der Waals surface area contributed by atoms with Gasteiger partial charge >= 0.3 is 17.9 Å². The Morgan fingerprint density at radius 3 is 1.71 bits per heavy atom. The van der Waals surface area contributed by atoms with E-state index in [1.807, 2.05) is 13.8 Å². The summed E-state index contributed by atoms with van der Waals surface area (Å²) in [6.07, 6.45) is 5.61. The number of carbonyl (C=O) groups is 6. The highest BCUT2D eigenvalue weighted by Gasteiger charge is 2.42. The zero-order valence-corrected chi connectivity index (χ0v) is 30.2. The molecule has 0 saturated carbocycles. The highest BCUT2D eigenvalue weighted by Crippen LogP contribution is 2.25. The molecule has 9 atom stereocenters. The molecule has 2 rings (SSSR count). The standard InChI is InChI=1S/C35H54N4O9/c1-12-20(3)27-33(44)47-23(6)29(40)37(9)22(5)32(43)46-24(7)30(41)38(10)28(21(4)13-2)34(45)48-26(31(42)39(27)11)18-25-16-14-15-17-35(8,36)19-25/h14-17,19-24,26-28H,12-13,18,36H2,1-11H3/t20?,21?,22-,23+,24+,26+,27-,28-,35?/m0/s1. The van der Waals surface area contributed by atoms with E-state index in [0.29, 0.717) is 18.4 Å². The summed E-state index contributed by atoms with van der Waals surface area (Å²) in [4.78, 5) is 85.4. The van der Waals surface area contributed by atoms with Gasteiger partial charge in [0.1, 0.15) is 18.1 Å². The molecule has 13 heteroatoms. The predicted molar refractivity (Wildman–Crippen MR) is 179 cm³/mol. The van der Waals surface area contributed by atoms with Crippen molar-refractivity contribution in [3.05, 3.63) is 36.0 Å². The Kier molecular flexibility index (Phi) is 14.1. The van der Waals surface area contributed by atoms with E-state index < -0.39 is 89.4 Å². The lowest BCUT2D eigenvalue weighted by molar-refractivity contribution is -0.177. The van der Waals surface area contributed by atoms with Crippen molar-refractivity contribution in [2.24, 2.45) is 17.6 Å². The Labute approximate surface area is 284 Å². The van der Waals surface area contributed by atoms with Gasteiger partial charge in [0, 0.05) is 27.6 Å². The highest BCUT2D eigenvalue weighted by molar-refractivity contribution is 5.93. The zero-order valence-electron chi connectivity index (χ0n) is 30.2. The van der Waals surface area contributed by atoms with Crippen molar-refractivity contribution in [1.82, 2.24) is 14.7 Å². The number of likely N-dealkylation sites (N-methyl/N-ethyl adjacent to an activating group) is 3. The van der Waals surface area contributed by atoms with Crippen LogP contribution in [0.3, 0.4) is 0 Å². The Balaban J connectivity index is 2.73. The molecule has 1 aliphatic heterocycles. The molecule has 2 N–H and O–H groups in total. The van der Waals surface area contributed by atoms with Crippen LogP contribution in [0, 0.1) is 11.8 Å². The number of cyclic esters (lactones) is 3. The fourth-order valence-electron chi connectivity index (χ4n) is 5.70. The second-order valence-corrected chi connectivity index (χ2v) is 13.3. The molecule has 0 aromatic carbocycles. The summed E-state index contributed by atoms with van der Waals surface area (Å²) in [7, 11) is 4.19. The van der Waals surface area contributed by atoms with E-state index in [1.165, 1.54) is 46.8 Å². The number of allylic oxidation sites excluding steroid dienone is 3. The number of nitrogens with two attached hydrogens (primary N) is 1. The molecular weight excluding hydrogens is 620 g/mol. The lowest BCUT2D eigenvalue weighted by Gasteiger charge is -2.36. The summed E-state index contributed by atoms with van der Waals surface area (Å²) in [6.45, 7) is 13.2. The molecule has 0 spiro atoms. The van der Waals surface area contributed by atoms with Gasteiger partial charge in [-0.1, -0.05) is 70.9 Å². The van der Waals surface area contributed by atoms with E-state index in [2.05, 4.69) is 0 Å². The van der Waals surface area contributed by atoms with E-state index in [4.69, 9.17) is 19.9 Å². The third kappa shape index (κ3) is 9.77. The van der Waals surface area contributed by atoms with Gasteiger partial charge in [0.25, 0.3) is 17.7 Å². The fraction of sp³-hybridized carbons (Fsp3) is 0.657. The maximum absolute atomic E-state index is 14.3. The number of amides is 3. The van der Waals surface area contributed by atoms with Gasteiger partial charge in [-0.25, -0.2) is 14.4 Å². The number of ether oxygens (including phenoxy) is 3. The van der Waals surface area contributed by atoms with Crippen LogP contribution in [-0.4, -0.2) is 113 Å². The average Bonchev–Trinajstić information content (AvgIpc) is 3.20. The number of carbonyl (C=O) groups excluding carboxylic acids is 6. The highest BCUT2D eigenvalue weighted by atomic mass is 16.6. The van der Waals surface area contributed by atoms with Gasteiger partial charge in [-0.2, -0.15) is 0 Å². The summed E-state index contributed by atoms with van der Waals surface area (Å²) in [6, 6.07) is -3.44. The topological polar surface area (TPSA) is 166 Å². The van der Waals surface area contributed by atoms with Crippen LogP contribution in [0.5, 0.6) is 0 Å². The van der Waals surface area contributed by atoms with Crippen LogP contribution in [-0.2, 0) is 43.0 Å². The molecule has 3 unspecified atom stereocenters. The molecule has 1 aliphatic carbocycles. The lowest BCUT2D eigenvalue weighted by Crippen LogP contribution is -2.55. The molecule has 2 aliphatic rings. The minimum absolute atomic E-state index is 0.0847. The monoisotopic (exact) mass is 674 g/mol. The van der Waals surface area contributed by atoms with Crippen LogP contribution >= 0.6 is 0 Å². The second-order valence-electron chi connectivity index (χ2n) is 13.3. The van der Waals surface area contributed by atoms with Crippen molar-refractivity contribution >= 4 is 35.6 Å². The quantitative estimate of drug-likeness (QED) is 0.327. The third-order valence-electron chi connectivity index (χ3n) is 9.26. The van der Waals surface area contributed by atoms with Gasteiger partial charge in [-0.3, -0.25) is 14.4 Å². The van der Waals surface area contributed by atoms with Crippen LogP contribution in [0.25, 0.3) is 0 Å². The molecule has 13 nitrogen and oxygen atoms in total. The van der Waals surface area contributed by atoms with Gasteiger partial charge in [0.2, 0.25) is 0 Å². The summed E-state index contributed by atoms with van der Waals surface area (Å²) in [5.74, 6) is -5.42. The molecule has 1 heterocycles. The van der Waals surface area contributed by atoms with Gasteiger partial charge < -0.3 is 34.6 Å². The second kappa shape index (κ2) is 16.9. The number of nitrogens with zero attached hydrogens (tertiary/aromatic N) is 3. The van der Waals surface area contributed by atoms with Crippen LogP contribution in [0.1, 0.15) is 74.7 Å². The molecule has 1 saturated heterocycles. The van der Waals surface area contributed by atoms with E-state index in [9.17, 15) is 28.8 Å². The Bertz CT molecular complexity index is 1310. The van der Waals surface area contributed by atoms with Crippen molar-refractivity contribution in [2.75, 3.05) is 21.1 Å². The number of rotatable bonds is 6. The molecule has 0 bridgehead atoms. The predicted octanol–water partition coefficient (Wildman–Crippen LogP) is 2.53. The molecule has 268 valence electrons. The van der Waals surface area contributed by atoms with Gasteiger partial charge in [-0.15, -0.1) is 0 Å². The molecular formula is C35H54N4O9. The molecule has 3 amide bonds. The van der Waals surface area contributed by atoms with Crippen molar-refractivity contribution < 1.29 is 43.0 Å². The molecule has 0 aromatic heterocycles. The van der Waals surface area contributed by atoms with Gasteiger partial charge in [0.05, 0.1) is 5.54 Å². The minimum Gasteiger partial charge on any atom is -0.451 e. The first-order chi connectivity index (χ1) is 22.3. The Hall–Kier alpha value is -4.00. The van der Waals surface area contributed by atoms with E-state index in [1.54, 1.807) is 51.2 Å².